The molecular weight excluding hydrogens is 212 g/mol. The highest BCUT2D eigenvalue weighted by molar-refractivity contribution is 5.92. The number of aromatic carboxylic acids is 1. The number of carboxylic acid groups (broad SMARTS) is 1. The highest BCUT2D eigenvalue weighted by Gasteiger charge is 2.21. The summed E-state index contributed by atoms with van der Waals surface area (Å²) in [6, 6.07) is 3.62. The zero-order valence-electron chi connectivity index (χ0n) is 8.71. The molecule has 0 heterocycles. The molecule has 3 N–H and O–H groups in total. The molecule has 0 spiro atoms. The summed E-state index contributed by atoms with van der Waals surface area (Å²) in [7, 11) is 0. The van der Waals surface area contributed by atoms with E-state index in [1.807, 2.05) is 6.92 Å². The molecule has 86 valence electrons. The number of nitrogens with zero attached hydrogens (tertiary/aromatic N) is 1. The van der Waals surface area contributed by atoms with Crippen molar-refractivity contribution in [2.45, 2.75) is 19.4 Å². The Kier molecular flexibility index (Phi) is 3.57. The average molecular weight is 224 g/mol. The number of benzene rings is 1. The van der Waals surface area contributed by atoms with E-state index in [0.29, 0.717) is 12.0 Å². The monoisotopic (exact) mass is 224 g/mol. The van der Waals surface area contributed by atoms with E-state index < -0.39 is 16.6 Å². The van der Waals surface area contributed by atoms with Crippen molar-refractivity contribution < 1.29 is 14.8 Å². The number of rotatable bonds is 4. The minimum Gasteiger partial charge on any atom is -0.477 e. The molecule has 0 unspecified atom stereocenters. The molecule has 6 nitrogen and oxygen atoms in total. The van der Waals surface area contributed by atoms with Crippen molar-refractivity contribution in [3.8, 4) is 0 Å². The summed E-state index contributed by atoms with van der Waals surface area (Å²) in [4.78, 5) is 20.7. The Morgan fingerprint density at radius 1 is 1.62 bits per heavy atom. The van der Waals surface area contributed by atoms with Crippen LogP contribution in [0.2, 0.25) is 0 Å². The number of nitro benzene ring substituents is 1. The molecule has 1 rings (SSSR count). The summed E-state index contributed by atoms with van der Waals surface area (Å²) >= 11 is 0. The molecule has 0 fully saturated rings. The quantitative estimate of drug-likeness (QED) is 0.598. The van der Waals surface area contributed by atoms with Crippen LogP contribution in [0.4, 0.5) is 5.69 Å². The molecule has 0 amide bonds. The van der Waals surface area contributed by atoms with Crippen LogP contribution >= 0.6 is 0 Å². The Balaban J connectivity index is 3.28. The fraction of sp³-hybridized carbons (Fsp3) is 0.300. The van der Waals surface area contributed by atoms with Gasteiger partial charge in [-0.05, 0) is 18.1 Å². The molecule has 1 aromatic rings. The van der Waals surface area contributed by atoms with Gasteiger partial charge < -0.3 is 10.8 Å². The van der Waals surface area contributed by atoms with Crippen LogP contribution in [0.5, 0.6) is 0 Å². The Morgan fingerprint density at radius 2 is 2.25 bits per heavy atom. The van der Waals surface area contributed by atoms with Crippen molar-refractivity contribution in [3.63, 3.8) is 0 Å². The fourth-order valence-corrected chi connectivity index (χ4v) is 1.35. The SMILES string of the molecule is CC[C@@H](N)c1ccc(C(=O)O)c([N+](=O)[O-])c1. The third-order valence-electron chi connectivity index (χ3n) is 2.32. The number of hydrogen-bond donors (Lipinski definition) is 2. The van der Waals surface area contributed by atoms with Crippen LogP contribution in [0.1, 0.15) is 35.3 Å². The lowest BCUT2D eigenvalue weighted by atomic mass is 10.0. The largest absolute Gasteiger partial charge is 0.477 e. The van der Waals surface area contributed by atoms with Gasteiger partial charge in [-0.15, -0.1) is 0 Å². The van der Waals surface area contributed by atoms with Crippen molar-refractivity contribution in [1.29, 1.82) is 0 Å². The second kappa shape index (κ2) is 4.71. The summed E-state index contributed by atoms with van der Waals surface area (Å²) in [5.74, 6) is -1.32. The van der Waals surface area contributed by atoms with Gasteiger partial charge in [0, 0.05) is 12.1 Å². The molecule has 0 aliphatic rings. The van der Waals surface area contributed by atoms with Gasteiger partial charge in [-0.3, -0.25) is 10.1 Å². The normalized spacial score (nSPS) is 12.1. The van der Waals surface area contributed by atoms with Crippen LogP contribution in [-0.4, -0.2) is 16.0 Å². The first-order valence-electron chi connectivity index (χ1n) is 4.74. The van der Waals surface area contributed by atoms with Crippen molar-refractivity contribution in [1.82, 2.24) is 0 Å². The number of nitrogens with two attached hydrogens (primary N) is 1. The minimum absolute atomic E-state index is 0.318. The fourth-order valence-electron chi connectivity index (χ4n) is 1.35. The van der Waals surface area contributed by atoms with Crippen LogP contribution in [0.3, 0.4) is 0 Å². The number of hydrogen-bond acceptors (Lipinski definition) is 4. The van der Waals surface area contributed by atoms with Gasteiger partial charge in [-0.25, -0.2) is 4.79 Å². The first-order valence-corrected chi connectivity index (χ1v) is 4.74. The van der Waals surface area contributed by atoms with Crippen LogP contribution < -0.4 is 5.73 Å². The standard InChI is InChI=1S/C10H12N2O4/c1-2-8(11)6-3-4-7(10(13)14)9(5-6)12(15)16/h3-5,8H,2,11H2,1H3,(H,13,14)/t8-/m1/s1. The van der Waals surface area contributed by atoms with Crippen LogP contribution in [0.15, 0.2) is 18.2 Å². The maximum absolute atomic E-state index is 10.7. The van der Waals surface area contributed by atoms with Crippen LogP contribution in [0.25, 0.3) is 0 Å². The van der Waals surface area contributed by atoms with Crippen LogP contribution in [-0.2, 0) is 0 Å². The molecule has 0 aromatic heterocycles. The van der Waals surface area contributed by atoms with Crippen LogP contribution in [0, 0.1) is 10.1 Å². The molecule has 0 aliphatic carbocycles. The molecule has 16 heavy (non-hydrogen) atoms. The second-order valence-electron chi connectivity index (χ2n) is 3.35. The Morgan fingerprint density at radius 3 is 2.69 bits per heavy atom. The molecule has 0 saturated carbocycles. The van der Waals surface area contributed by atoms with Gasteiger partial charge in [0.05, 0.1) is 4.92 Å². The molecule has 1 aromatic carbocycles. The van der Waals surface area contributed by atoms with Crippen molar-refractivity contribution in [3.05, 3.63) is 39.4 Å². The molecule has 6 heteroatoms. The van der Waals surface area contributed by atoms with E-state index in [2.05, 4.69) is 0 Å². The topological polar surface area (TPSA) is 106 Å². The van der Waals surface area contributed by atoms with Crippen molar-refractivity contribution in [2.75, 3.05) is 0 Å². The lowest BCUT2D eigenvalue weighted by Crippen LogP contribution is -2.10. The van der Waals surface area contributed by atoms with E-state index in [0.717, 1.165) is 0 Å². The smallest absolute Gasteiger partial charge is 0.342 e. The van der Waals surface area contributed by atoms with Gasteiger partial charge in [0.1, 0.15) is 5.56 Å². The lowest BCUT2D eigenvalue weighted by molar-refractivity contribution is -0.385. The van der Waals surface area contributed by atoms with E-state index in [1.165, 1.54) is 18.2 Å². The summed E-state index contributed by atoms with van der Waals surface area (Å²) in [5.41, 5.74) is 5.54. The zero-order valence-corrected chi connectivity index (χ0v) is 8.71. The maximum atomic E-state index is 10.7. The van der Waals surface area contributed by atoms with Gasteiger partial charge in [0.15, 0.2) is 0 Å². The Hall–Kier alpha value is -1.95. The summed E-state index contributed by atoms with van der Waals surface area (Å²) in [5, 5.41) is 19.5. The van der Waals surface area contributed by atoms with E-state index >= 15 is 0 Å². The minimum atomic E-state index is -1.32. The molecule has 0 radical (unpaired) electrons. The number of carboxylic acids is 1. The number of carbonyl (C=O) groups is 1. The highest BCUT2D eigenvalue weighted by atomic mass is 16.6. The second-order valence-corrected chi connectivity index (χ2v) is 3.35. The van der Waals surface area contributed by atoms with E-state index in [1.54, 1.807) is 0 Å². The molecular formula is C10H12N2O4. The van der Waals surface area contributed by atoms with Gasteiger partial charge in [-0.1, -0.05) is 13.0 Å². The molecule has 0 aliphatic heterocycles. The Labute approximate surface area is 91.8 Å². The van der Waals surface area contributed by atoms with Crippen molar-refractivity contribution >= 4 is 11.7 Å². The van der Waals surface area contributed by atoms with E-state index in [9.17, 15) is 14.9 Å². The molecule has 1 atom stereocenters. The van der Waals surface area contributed by atoms with Crippen molar-refractivity contribution in [2.24, 2.45) is 5.73 Å². The predicted octanol–water partition coefficient (Wildman–Crippen LogP) is 1.70. The van der Waals surface area contributed by atoms with E-state index in [4.69, 9.17) is 10.8 Å². The first-order chi connectivity index (χ1) is 7.47. The van der Waals surface area contributed by atoms with Gasteiger partial charge in [-0.2, -0.15) is 0 Å². The summed E-state index contributed by atoms with van der Waals surface area (Å²) in [6.45, 7) is 1.85. The predicted molar refractivity (Wildman–Crippen MR) is 57.3 cm³/mol. The molecule has 0 saturated heterocycles. The van der Waals surface area contributed by atoms with E-state index in [-0.39, 0.29) is 11.6 Å². The zero-order chi connectivity index (χ0) is 12.3. The lowest BCUT2D eigenvalue weighted by Gasteiger charge is -2.09. The van der Waals surface area contributed by atoms with Gasteiger partial charge >= 0.3 is 5.97 Å². The van der Waals surface area contributed by atoms with Gasteiger partial charge in [0.2, 0.25) is 0 Å². The third kappa shape index (κ3) is 2.34. The average Bonchev–Trinajstić information content (AvgIpc) is 2.26. The van der Waals surface area contributed by atoms with Gasteiger partial charge in [0.25, 0.3) is 5.69 Å². The summed E-state index contributed by atoms with van der Waals surface area (Å²) < 4.78 is 0. The first kappa shape index (κ1) is 12.1. The Bertz CT molecular complexity index is 431. The maximum Gasteiger partial charge on any atom is 0.342 e. The highest BCUT2D eigenvalue weighted by Crippen LogP contribution is 2.24. The third-order valence-corrected chi connectivity index (χ3v) is 2.32. The number of nitro groups is 1. The summed E-state index contributed by atoms with van der Waals surface area (Å²) in [6.07, 6.45) is 0.629. The molecule has 0 bridgehead atoms.